The summed E-state index contributed by atoms with van der Waals surface area (Å²) in [4.78, 5) is 17.5. The standard InChI is InChI=1S/C16H17F4N3OS/c1-8-9(2)25-13(21-8)15(3,4)23-14(24)22-12-6-5-10(17)7-11(12)16(18,19)20/h5-7H,1-4H3,(H2,22,23,24). The van der Waals surface area contributed by atoms with Gasteiger partial charge in [0.1, 0.15) is 10.8 Å². The van der Waals surface area contributed by atoms with E-state index in [1.807, 2.05) is 13.8 Å². The Hall–Kier alpha value is -2.16. The van der Waals surface area contributed by atoms with E-state index >= 15 is 0 Å². The van der Waals surface area contributed by atoms with E-state index in [2.05, 4.69) is 15.6 Å². The zero-order valence-corrected chi connectivity index (χ0v) is 14.8. The number of anilines is 1. The number of amides is 2. The zero-order valence-electron chi connectivity index (χ0n) is 14.0. The van der Waals surface area contributed by atoms with Crippen LogP contribution < -0.4 is 10.6 Å². The Balaban J connectivity index is 2.20. The van der Waals surface area contributed by atoms with E-state index in [9.17, 15) is 22.4 Å². The van der Waals surface area contributed by atoms with Crippen molar-refractivity contribution in [2.75, 3.05) is 5.32 Å². The fourth-order valence-corrected chi connectivity index (χ4v) is 3.06. The first-order valence-electron chi connectivity index (χ1n) is 7.30. The second-order valence-corrected chi connectivity index (χ2v) is 7.26. The molecule has 2 rings (SSSR count). The Labute approximate surface area is 146 Å². The summed E-state index contributed by atoms with van der Waals surface area (Å²) in [5, 5.41) is 5.36. The number of nitrogens with one attached hydrogen (secondary N) is 2. The molecule has 0 saturated heterocycles. The Morgan fingerprint density at radius 2 is 1.84 bits per heavy atom. The van der Waals surface area contributed by atoms with Gasteiger partial charge in [-0.1, -0.05) is 0 Å². The number of aromatic nitrogens is 1. The van der Waals surface area contributed by atoms with Crippen LogP contribution in [-0.2, 0) is 11.7 Å². The molecule has 0 aliphatic heterocycles. The van der Waals surface area contributed by atoms with Crippen molar-refractivity contribution in [1.29, 1.82) is 0 Å². The molecule has 9 heteroatoms. The van der Waals surface area contributed by atoms with Gasteiger partial charge in [-0.05, 0) is 45.9 Å². The topological polar surface area (TPSA) is 54.0 Å². The molecule has 0 radical (unpaired) electrons. The maximum atomic E-state index is 13.1. The fourth-order valence-electron chi connectivity index (χ4n) is 2.09. The molecular weight excluding hydrogens is 358 g/mol. The molecule has 25 heavy (non-hydrogen) atoms. The summed E-state index contributed by atoms with van der Waals surface area (Å²) in [6.45, 7) is 7.11. The minimum Gasteiger partial charge on any atom is -0.326 e. The molecule has 0 spiro atoms. The SMILES string of the molecule is Cc1nc(C(C)(C)NC(=O)Nc2ccc(F)cc2C(F)(F)F)sc1C. The van der Waals surface area contributed by atoms with E-state index in [-0.39, 0.29) is 0 Å². The molecule has 0 aliphatic rings. The molecule has 0 aliphatic carbocycles. The third-order valence-electron chi connectivity index (χ3n) is 3.52. The highest BCUT2D eigenvalue weighted by molar-refractivity contribution is 7.11. The largest absolute Gasteiger partial charge is 0.418 e. The van der Waals surface area contributed by atoms with Gasteiger partial charge in [-0.25, -0.2) is 14.2 Å². The molecule has 2 aromatic rings. The van der Waals surface area contributed by atoms with Crippen LogP contribution in [0.5, 0.6) is 0 Å². The third kappa shape index (κ3) is 4.47. The van der Waals surface area contributed by atoms with Crippen LogP contribution in [0.3, 0.4) is 0 Å². The van der Waals surface area contributed by atoms with Gasteiger partial charge in [-0.15, -0.1) is 11.3 Å². The van der Waals surface area contributed by atoms with Crippen LogP contribution in [0.15, 0.2) is 18.2 Å². The molecule has 4 nitrogen and oxygen atoms in total. The number of benzene rings is 1. The summed E-state index contributed by atoms with van der Waals surface area (Å²) in [6, 6.07) is 1.23. The van der Waals surface area contributed by atoms with E-state index in [1.54, 1.807) is 13.8 Å². The van der Waals surface area contributed by atoms with Gasteiger partial charge in [0.15, 0.2) is 0 Å². The first-order valence-corrected chi connectivity index (χ1v) is 8.12. The summed E-state index contributed by atoms with van der Waals surface area (Å²) in [7, 11) is 0. The third-order valence-corrected chi connectivity index (χ3v) is 4.92. The highest BCUT2D eigenvalue weighted by Crippen LogP contribution is 2.35. The second kappa shape index (κ2) is 6.62. The number of carbonyl (C=O) groups is 1. The number of carbonyl (C=O) groups excluding carboxylic acids is 1. The van der Waals surface area contributed by atoms with Crippen LogP contribution >= 0.6 is 11.3 Å². The van der Waals surface area contributed by atoms with Crippen LogP contribution in [0.1, 0.15) is 35.0 Å². The summed E-state index contributed by atoms with van der Waals surface area (Å²) >= 11 is 1.40. The highest BCUT2D eigenvalue weighted by atomic mass is 32.1. The average Bonchev–Trinajstić information content (AvgIpc) is 2.80. The number of aryl methyl sites for hydroxylation is 2. The molecule has 1 aromatic heterocycles. The Morgan fingerprint density at radius 1 is 1.20 bits per heavy atom. The van der Waals surface area contributed by atoms with E-state index in [0.717, 1.165) is 22.7 Å². The van der Waals surface area contributed by atoms with Crippen molar-refractivity contribution in [2.45, 2.75) is 39.4 Å². The minimum atomic E-state index is -4.79. The summed E-state index contributed by atoms with van der Waals surface area (Å²) in [5.74, 6) is -1.03. The van der Waals surface area contributed by atoms with Crippen LogP contribution in [0.4, 0.5) is 28.0 Å². The second-order valence-electron chi connectivity index (χ2n) is 6.05. The first kappa shape index (κ1) is 19.2. The first-order chi connectivity index (χ1) is 11.4. The van der Waals surface area contributed by atoms with Gasteiger partial charge in [-0.2, -0.15) is 13.2 Å². The van der Waals surface area contributed by atoms with Gasteiger partial charge >= 0.3 is 12.2 Å². The lowest BCUT2D eigenvalue weighted by molar-refractivity contribution is -0.137. The number of urea groups is 1. The maximum absolute atomic E-state index is 13.1. The predicted octanol–water partition coefficient (Wildman–Crippen LogP) is 4.97. The number of alkyl halides is 3. The van der Waals surface area contributed by atoms with Gasteiger partial charge < -0.3 is 10.6 Å². The minimum absolute atomic E-state index is 0.342. The van der Waals surface area contributed by atoms with Crippen molar-refractivity contribution in [3.8, 4) is 0 Å². The highest BCUT2D eigenvalue weighted by Gasteiger charge is 2.35. The number of rotatable bonds is 3. The van der Waals surface area contributed by atoms with Crippen LogP contribution in [-0.4, -0.2) is 11.0 Å². The number of nitrogens with zero attached hydrogens (tertiary/aromatic N) is 1. The lowest BCUT2D eigenvalue weighted by Crippen LogP contribution is -2.43. The summed E-state index contributed by atoms with van der Waals surface area (Å²) in [5.41, 5.74) is -1.82. The molecule has 0 unspecified atom stereocenters. The molecule has 2 amide bonds. The molecule has 0 atom stereocenters. The van der Waals surface area contributed by atoms with Crippen molar-refractivity contribution < 1.29 is 22.4 Å². The normalized spacial score (nSPS) is 12.2. The van der Waals surface area contributed by atoms with Crippen molar-refractivity contribution in [2.24, 2.45) is 0 Å². The van der Waals surface area contributed by atoms with Crippen LogP contribution in [0.2, 0.25) is 0 Å². The van der Waals surface area contributed by atoms with E-state index in [0.29, 0.717) is 11.1 Å². The zero-order chi connectivity index (χ0) is 19.0. The number of hydrogen-bond acceptors (Lipinski definition) is 3. The monoisotopic (exact) mass is 375 g/mol. The fraction of sp³-hybridized carbons (Fsp3) is 0.375. The number of hydrogen-bond donors (Lipinski definition) is 2. The summed E-state index contributed by atoms with van der Waals surface area (Å²) in [6.07, 6.45) is -4.79. The molecular formula is C16H17F4N3OS. The Morgan fingerprint density at radius 3 is 2.36 bits per heavy atom. The van der Waals surface area contributed by atoms with Gasteiger partial charge in [0.2, 0.25) is 0 Å². The van der Waals surface area contributed by atoms with E-state index < -0.39 is 34.8 Å². The lowest BCUT2D eigenvalue weighted by Gasteiger charge is -2.24. The molecule has 1 heterocycles. The predicted molar refractivity (Wildman–Crippen MR) is 88.2 cm³/mol. The smallest absolute Gasteiger partial charge is 0.326 e. The molecule has 0 saturated carbocycles. The molecule has 136 valence electrons. The number of thiazole rings is 1. The van der Waals surface area contributed by atoms with Gasteiger partial charge in [0.05, 0.1) is 22.5 Å². The van der Waals surface area contributed by atoms with Crippen molar-refractivity contribution >= 4 is 23.1 Å². The molecule has 0 bridgehead atoms. The molecule has 1 aromatic carbocycles. The summed E-state index contributed by atoms with van der Waals surface area (Å²) < 4.78 is 52.1. The van der Waals surface area contributed by atoms with Crippen molar-refractivity contribution in [1.82, 2.24) is 10.3 Å². The van der Waals surface area contributed by atoms with Gasteiger partial charge in [0, 0.05) is 4.88 Å². The van der Waals surface area contributed by atoms with Crippen LogP contribution in [0.25, 0.3) is 0 Å². The average molecular weight is 375 g/mol. The van der Waals surface area contributed by atoms with E-state index in [4.69, 9.17) is 0 Å². The Kier molecular flexibility index (Phi) is 5.08. The van der Waals surface area contributed by atoms with Crippen molar-refractivity contribution in [3.63, 3.8) is 0 Å². The Bertz CT molecular complexity index is 780. The molecule has 2 N–H and O–H groups in total. The van der Waals surface area contributed by atoms with Gasteiger partial charge in [-0.3, -0.25) is 0 Å². The lowest BCUT2D eigenvalue weighted by atomic mass is 10.1. The maximum Gasteiger partial charge on any atom is 0.418 e. The van der Waals surface area contributed by atoms with Crippen molar-refractivity contribution in [3.05, 3.63) is 45.2 Å². The quantitative estimate of drug-likeness (QED) is 0.744. The van der Waals surface area contributed by atoms with E-state index in [1.165, 1.54) is 11.3 Å². The van der Waals surface area contributed by atoms with Gasteiger partial charge in [0.25, 0.3) is 0 Å². The number of halogens is 4. The van der Waals surface area contributed by atoms with Crippen LogP contribution in [0, 0.1) is 19.7 Å². The molecule has 0 fully saturated rings.